The van der Waals surface area contributed by atoms with Crippen LogP contribution in [0.5, 0.6) is 5.75 Å². The topological polar surface area (TPSA) is 54.5 Å². The van der Waals surface area contributed by atoms with E-state index in [4.69, 9.17) is 4.74 Å². The standard InChI is InChI=1S/C10H12BrN3O2/c11-8-5-9(7-12-6-8)16-4-3-14-2-1-13-10(14)15/h5-7H,1-4H2,(H,13,15). The lowest BCUT2D eigenvalue weighted by Gasteiger charge is -2.14. The van der Waals surface area contributed by atoms with Crippen molar-refractivity contribution in [3.63, 3.8) is 0 Å². The van der Waals surface area contributed by atoms with Gasteiger partial charge in [-0.25, -0.2) is 4.79 Å². The number of ether oxygens (including phenoxy) is 1. The first-order valence-electron chi connectivity index (χ1n) is 5.02. The average molecular weight is 286 g/mol. The van der Waals surface area contributed by atoms with E-state index in [0.29, 0.717) is 18.9 Å². The fourth-order valence-electron chi connectivity index (χ4n) is 1.47. The highest BCUT2D eigenvalue weighted by Crippen LogP contribution is 2.15. The van der Waals surface area contributed by atoms with Gasteiger partial charge in [0.1, 0.15) is 12.4 Å². The van der Waals surface area contributed by atoms with Gasteiger partial charge < -0.3 is 15.0 Å². The van der Waals surface area contributed by atoms with Crippen LogP contribution in [0.1, 0.15) is 0 Å². The molecule has 1 aliphatic heterocycles. The van der Waals surface area contributed by atoms with Gasteiger partial charge in [-0.2, -0.15) is 0 Å². The van der Waals surface area contributed by atoms with Crippen LogP contribution in [0.2, 0.25) is 0 Å². The van der Waals surface area contributed by atoms with Crippen molar-refractivity contribution in [2.75, 3.05) is 26.2 Å². The number of rotatable bonds is 4. The summed E-state index contributed by atoms with van der Waals surface area (Å²) in [5.74, 6) is 0.703. The van der Waals surface area contributed by atoms with Gasteiger partial charge in [-0.3, -0.25) is 4.98 Å². The molecule has 1 fully saturated rings. The SMILES string of the molecule is O=C1NCCN1CCOc1cncc(Br)c1. The molecular formula is C10H12BrN3O2. The number of hydrogen-bond acceptors (Lipinski definition) is 3. The Hall–Kier alpha value is -1.30. The zero-order valence-corrected chi connectivity index (χ0v) is 10.2. The molecule has 0 bridgehead atoms. The Bertz CT molecular complexity index is 386. The zero-order valence-electron chi connectivity index (χ0n) is 8.65. The maximum absolute atomic E-state index is 11.2. The van der Waals surface area contributed by atoms with E-state index in [-0.39, 0.29) is 6.03 Å². The Balaban J connectivity index is 1.77. The molecule has 6 heteroatoms. The minimum Gasteiger partial charge on any atom is -0.490 e. The lowest BCUT2D eigenvalue weighted by atomic mass is 10.4. The summed E-state index contributed by atoms with van der Waals surface area (Å²) in [5, 5.41) is 2.74. The van der Waals surface area contributed by atoms with Gasteiger partial charge in [-0.05, 0) is 22.0 Å². The fraction of sp³-hybridized carbons (Fsp3) is 0.400. The van der Waals surface area contributed by atoms with Crippen LogP contribution in [0, 0.1) is 0 Å². The van der Waals surface area contributed by atoms with Crippen LogP contribution >= 0.6 is 15.9 Å². The molecular weight excluding hydrogens is 274 g/mol. The molecule has 86 valence electrons. The van der Waals surface area contributed by atoms with Crippen molar-refractivity contribution in [3.8, 4) is 5.75 Å². The van der Waals surface area contributed by atoms with E-state index in [2.05, 4.69) is 26.2 Å². The number of nitrogens with one attached hydrogen (secondary N) is 1. The minimum absolute atomic E-state index is 0.0176. The minimum atomic E-state index is -0.0176. The average Bonchev–Trinajstić information content (AvgIpc) is 2.65. The van der Waals surface area contributed by atoms with Crippen LogP contribution in [0.25, 0.3) is 0 Å². The largest absolute Gasteiger partial charge is 0.490 e. The molecule has 2 amide bonds. The second-order valence-electron chi connectivity index (χ2n) is 3.41. The van der Waals surface area contributed by atoms with Gasteiger partial charge in [0.05, 0.1) is 12.7 Å². The van der Waals surface area contributed by atoms with E-state index in [1.165, 1.54) is 0 Å². The molecule has 0 unspecified atom stereocenters. The van der Waals surface area contributed by atoms with Gasteiger partial charge in [-0.1, -0.05) is 0 Å². The van der Waals surface area contributed by atoms with Gasteiger partial charge in [0.2, 0.25) is 0 Å². The normalized spacial score (nSPS) is 15.1. The predicted molar refractivity (Wildman–Crippen MR) is 62.4 cm³/mol. The van der Waals surface area contributed by atoms with Gasteiger partial charge in [0, 0.05) is 23.8 Å². The lowest BCUT2D eigenvalue weighted by molar-refractivity contribution is 0.202. The zero-order chi connectivity index (χ0) is 11.4. The van der Waals surface area contributed by atoms with E-state index in [0.717, 1.165) is 17.6 Å². The van der Waals surface area contributed by atoms with E-state index >= 15 is 0 Å². The summed E-state index contributed by atoms with van der Waals surface area (Å²) < 4.78 is 6.36. The first kappa shape index (κ1) is 11.2. The van der Waals surface area contributed by atoms with Crippen molar-refractivity contribution in [1.82, 2.24) is 15.2 Å². The summed E-state index contributed by atoms with van der Waals surface area (Å²) in [6.45, 7) is 2.54. The Morgan fingerprint density at radius 2 is 2.44 bits per heavy atom. The first-order valence-corrected chi connectivity index (χ1v) is 5.81. The summed E-state index contributed by atoms with van der Waals surface area (Å²) in [6.07, 6.45) is 3.34. The van der Waals surface area contributed by atoms with Crippen molar-refractivity contribution < 1.29 is 9.53 Å². The summed E-state index contributed by atoms with van der Waals surface area (Å²) >= 11 is 3.31. The van der Waals surface area contributed by atoms with Crippen LogP contribution in [-0.4, -0.2) is 42.2 Å². The summed E-state index contributed by atoms with van der Waals surface area (Å²) in [7, 11) is 0. The number of pyridine rings is 1. The molecule has 1 aliphatic rings. The number of nitrogens with zero attached hydrogens (tertiary/aromatic N) is 2. The molecule has 2 heterocycles. The predicted octanol–water partition coefficient (Wildman–Crippen LogP) is 1.25. The van der Waals surface area contributed by atoms with Crippen molar-refractivity contribution in [3.05, 3.63) is 22.9 Å². The summed E-state index contributed by atoms with van der Waals surface area (Å²) in [4.78, 5) is 16.9. The summed E-state index contributed by atoms with van der Waals surface area (Å²) in [5.41, 5.74) is 0. The lowest BCUT2D eigenvalue weighted by Crippen LogP contribution is -2.31. The number of carbonyl (C=O) groups excluding carboxylic acids is 1. The quantitative estimate of drug-likeness (QED) is 0.906. The van der Waals surface area contributed by atoms with Gasteiger partial charge in [0.25, 0.3) is 0 Å². The maximum atomic E-state index is 11.2. The third-order valence-corrected chi connectivity index (χ3v) is 2.69. The Morgan fingerprint density at radius 3 is 3.12 bits per heavy atom. The van der Waals surface area contributed by atoms with Crippen molar-refractivity contribution in [2.45, 2.75) is 0 Å². The number of hydrogen-bond donors (Lipinski definition) is 1. The summed E-state index contributed by atoms with van der Waals surface area (Å²) in [6, 6.07) is 1.83. The first-order chi connectivity index (χ1) is 7.75. The molecule has 1 N–H and O–H groups in total. The molecule has 0 spiro atoms. The highest BCUT2D eigenvalue weighted by Gasteiger charge is 2.18. The third kappa shape index (κ3) is 2.85. The Labute approximate surface area is 102 Å². The monoisotopic (exact) mass is 285 g/mol. The number of amides is 2. The van der Waals surface area contributed by atoms with E-state index in [1.54, 1.807) is 17.3 Å². The second kappa shape index (κ2) is 5.16. The number of carbonyl (C=O) groups is 1. The highest BCUT2D eigenvalue weighted by atomic mass is 79.9. The molecule has 0 radical (unpaired) electrons. The van der Waals surface area contributed by atoms with Gasteiger partial charge in [-0.15, -0.1) is 0 Å². The number of urea groups is 1. The van der Waals surface area contributed by atoms with Crippen molar-refractivity contribution >= 4 is 22.0 Å². The van der Waals surface area contributed by atoms with E-state index < -0.39 is 0 Å². The molecule has 5 nitrogen and oxygen atoms in total. The molecule has 16 heavy (non-hydrogen) atoms. The molecule has 1 aromatic rings. The highest BCUT2D eigenvalue weighted by molar-refractivity contribution is 9.10. The second-order valence-corrected chi connectivity index (χ2v) is 4.32. The van der Waals surface area contributed by atoms with Crippen LogP contribution in [0.4, 0.5) is 4.79 Å². The molecule has 1 aromatic heterocycles. The molecule has 0 aliphatic carbocycles. The number of halogens is 1. The van der Waals surface area contributed by atoms with Crippen LogP contribution in [0.3, 0.4) is 0 Å². The molecule has 0 saturated carbocycles. The van der Waals surface area contributed by atoms with E-state index in [1.807, 2.05) is 6.07 Å². The van der Waals surface area contributed by atoms with Crippen LogP contribution in [-0.2, 0) is 0 Å². The molecule has 0 aromatic carbocycles. The fourth-order valence-corrected chi connectivity index (χ4v) is 1.81. The third-order valence-electron chi connectivity index (χ3n) is 2.25. The van der Waals surface area contributed by atoms with Crippen molar-refractivity contribution in [2.24, 2.45) is 0 Å². The molecule has 0 atom stereocenters. The maximum Gasteiger partial charge on any atom is 0.317 e. The number of aromatic nitrogens is 1. The smallest absolute Gasteiger partial charge is 0.317 e. The molecule has 1 saturated heterocycles. The Kier molecular flexibility index (Phi) is 3.61. The van der Waals surface area contributed by atoms with Crippen LogP contribution < -0.4 is 10.1 Å². The van der Waals surface area contributed by atoms with Gasteiger partial charge >= 0.3 is 6.03 Å². The Morgan fingerprint density at radius 1 is 1.56 bits per heavy atom. The van der Waals surface area contributed by atoms with Gasteiger partial charge in [0.15, 0.2) is 0 Å². The molecule has 2 rings (SSSR count). The van der Waals surface area contributed by atoms with Crippen molar-refractivity contribution in [1.29, 1.82) is 0 Å². The van der Waals surface area contributed by atoms with Crippen LogP contribution in [0.15, 0.2) is 22.9 Å². The van der Waals surface area contributed by atoms with E-state index in [9.17, 15) is 4.79 Å².